The van der Waals surface area contributed by atoms with Crippen LogP contribution in [-0.2, 0) is 6.54 Å². The molecule has 2 aromatic heterocycles. The summed E-state index contributed by atoms with van der Waals surface area (Å²) in [5.74, 6) is -0.382. The SMILES string of the molecule is Nc1nc(CNC(=O)c2ccc(=O)[nH]n2)cs1. The average Bonchev–Trinajstić information content (AvgIpc) is 2.73. The highest BCUT2D eigenvalue weighted by Crippen LogP contribution is 2.10. The number of anilines is 1. The molecule has 4 N–H and O–H groups in total. The minimum Gasteiger partial charge on any atom is -0.375 e. The van der Waals surface area contributed by atoms with Gasteiger partial charge in [-0.2, -0.15) is 5.10 Å². The van der Waals surface area contributed by atoms with Crippen molar-refractivity contribution in [2.45, 2.75) is 6.54 Å². The van der Waals surface area contributed by atoms with Crippen molar-refractivity contribution in [1.82, 2.24) is 20.5 Å². The molecule has 88 valence electrons. The quantitative estimate of drug-likeness (QED) is 0.695. The van der Waals surface area contributed by atoms with Crippen molar-refractivity contribution in [3.8, 4) is 0 Å². The zero-order valence-electron chi connectivity index (χ0n) is 8.64. The molecule has 8 heteroatoms. The number of nitrogens with one attached hydrogen (secondary N) is 2. The van der Waals surface area contributed by atoms with Gasteiger partial charge < -0.3 is 11.1 Å². The van der Waals surface area contributed by atoms with Gasteiger partial charge in [-0.1, -0.05) is 0 Å². The zero-order chi connectivity index (χ0) is 12.3. The summed E-state index contributed by atoms with van der Waals surface area (Å²) in [6, 6.07) is 2.59. The van der Waals surface area contributed by atoms with Crippen molar-refractivity contribution in [2.24, 2.45) is 0 Å². The molecule has 2 rings (SSSR count). The summed E-state index contributed by atoms with van der Waals surface area (Å²) in [7, 11) is 0. The van der Waals surface area contributed by atoms with Crippen LogP contribution in [0.2, 0.25) is 0 Å². The predicted molar refractivity (Wildman–Crippen MR) is 62.6 cm³/mol. The Morgan fingerprint density at radius 1 is 1.53 bits per heavy atom. The maximum atomic E-state index is 11.6. The van der Waals surface area contributed by atoms with Crippen LogP contribution in [0.5, 0.6) is 0 Å². The predicted octanol–water partition coefficient (Wildman–Crippen LogP) is -0.261. The Hall–Kier alpha value is -2.22. The molecule has 0 aliphatic heterocycles. The minimum atomic E-state index is -0.382. The first-order valence-electron chi connectivity index (χ1n) is 4.69. The molecule has 0 atom stereocenters. The monoisotopic (exact) mass is 251 g/mol. The molecule has 0 aromatic carbocycles. The fourth-order valence-corrected chi connectivity index (χ4v) is 1.70. The number of thiazole rings is 1. The van der Waals surface area contributed by atoms with E-state index in [1.54, 1.807) is 5.38 Å². The number of nitrogens with two attached hydrogens (primary N) is 1. The van der Waals surface area contributed by atoms with Crippen molar-refractivity contribution in [3.63, 3.8) is 0 Å². The number of rotatable bonds is 3. The summed E-state index contributed by atoms with van der Waals surface area (Å²) in [6.45, 7) is 0.271. The number of nitrogens with zero attached hydrogens (tertiary/aromatic N) is 2. The van der Waals surface area contributed by atoms with E-state index in [1.165, 1.54) is 23.5 Å². The van der Waals surface area contributed by atoms with E-state index in [9.17, 15) is 9.59 Å². The molecule has 2 aromatic rings. The van der Waals surface area contributed by atoms with Crippen LogP contribution < -0.4 is 16.6 Å². The number of H-pyrrole nitrogens is 1. The molecule has 0 bridgehead atoms. The normalized spacial score (nSPS) is 10.1. The van der Waals surface area contributed by atoms with Gasteiger partial charge in [0.25, 0.3) is 11.5 Å². The van der Waals surface area contributed by atoms with Crippen molar-refractivity contribution in [1.29, 1.82) is 0 Å². The third kappa shape index (κ3) is 2.88. The number of hydrogen-bond donors (Lipinski definition) is 3. The molecule has 0 spiro atoms. The van der Waals surface area contributed by atoms with Crippen molar-refractivity contribution < 1.29 is 4.79 Å². The number of amides is 1. The van der Waals surface area contributed by atoms with Crippen molar-refractivity contribution in [3.05, 3.63) is 39.3 Å². The molecule has 2 heterocycles. The lowest BCUT2D eigenvalue weighted by molar-refractivity contribution is 0.0944. The number of aromatic nitrogens is 3. The van der Waals surface area contributed by atoms with E-state index < -0.39 is 0 Å². The maximum Gasteiger partial charge on any atom is 0.272 e. The van der Waals surface area contributed by atoms with Gasteiger partial charge in [0.2, 0.25) is 0 Å². The topological polar surface area (TPSA) is 114 Å². The van der Waals surface area contributed by atoms with Crippen LogP contribution in [0.15, 0.2) is 22.3 Å². The Labute approximate surface area is 99.7 Å². The first-order chi connectivity index (χ1) is 8.15. The van der Waals surface area contributed by atoms with E-state index >= 15 is 0 Å². The highest BCUT2D eigenvalue weighted by atomic mass is 32.1. The minimum absolute atomic E-state index is 0.146. The van der Waals surface area contributed by atoms with Gasteiger partial charge in [0.1, 0.15) is 5.69 Å². The van der Waals surface area contributed by atoms with E-state index in [-0.39, 0.29) is 23.7 Å². The fraction of sp³-hybridized carbons (Fsp3) is 0.111. The molecule has 17 heavy (non-hydrogen) atoms. The molecular formula is C9H9N5O2S. The summed E-state index contributed by atoms with van der Waals surface area (Å²) in [6.07, 6.45) is 0. The largest absolute Gasteiger partial charge is 0.375 e. The van der Waals surface area contributed by atoms with Gasteiger partial charge in [0.15, 0.2) is 5.13 Å². The molecule has 7 nitrogen and oxygen atoms in total. The van der Waals surface area contributed by atoms with E-state index in [4.69, 9.17) is 5.73 Å². The Kier molecular flexibility index (Phi) is 3.15. The van der Waals surface area contributed by atoms with Crippen LogP contribution in [0.1, 0.15) is 16.2 Å². The smallest absolute Gasteiger partial charge is 0.272 e. The second-order valence-corrected chi connectivity index (χ2v) is 4.06. The van der Waals surface area contributed by atoms with E-state index in [0.717, 1.165) is 0 Å². The fourth-order valence-electron chi connectivity index (χ4n) is 1.14. The Bertz CT molecular complexity index is 571. The lowest BCUT2D eigenvalue weighted by Gasteiger charge is -2.01. The Morgan fingerprint density at radius 2 is 2.35 bits per heavy atom. The lowest BCUT2D eigenvalue weighted by Crippen LogP contribution is -2.25. The first-order valence-corrected chi connectivity index (χ1v) is 5.57. The molecule has 0 fully saturated rings. The number of aromatic amines is 1. The Morgan fingerprint density at radius 3 is 2.94 bits per heavy atom. The van der Waals surface area contributed by atoms with Gasteiger partial charge in [-0.3, -0.25) is 9.59 Å². The molecule has 0 aliphatic rings. The molecule has 0 aliphatic carbocycles. The summed E-state index contributed by atoms with van der Waals surface area (Å²) in [4.78, 5) is 26.3. The number of nitrogen functional groups attached to an aromatic ring is 1. The van der Waals surface area contributed by atoms with Crippen molar-refractivity contribution in [2.75, 3.05) is 5.73 Å². The second kappa shape index (κ2) is 4.74. The van der Waals surface area contributed by atoms with Crippen molar-refractivity contribution >= 4 is 22.4 Å². The van der Waals surface area contributed by atoms with Crippen LogP contribution in [0, 0.1) is 0 Å². The van der Waals surface area contributed by atoms with E-state index in [0.29, 0.717) is 10.8 Å². The lowest BCUT2D eigenvalue weighted by atomic mass is 10.3. The third-order valence-corrected chi connectivity index (χ3v) is 2.63. The average molecular weight is 251 g/mol. The maximum absolute atomic E-state index is 11.6. The first kappa shape index (κ1) is 11.3. The summed E-state index contributed by atoms with van der Waals surface area (Å²) in [5, 5.41) is 10.6. The van der Waals surface area contributed by atoms with Gasteiger partial charge in [0.05, 0.1) is 12.2 Å². The molecule has 0 radical (unpaired) electrons. The summed E-state index contributed by atoms with van der Waals surface area (Å²) < 4.78 is 0. The molecule has 1 amide bonds. The number of carbonyl (C=O) groups excluding carboxylic acids is 1. The number of carbonyl (C=O) groups is 1. The summed E-state index contributed by atoms with van der Waals surface area (Å²) in [5.41, 5.74) is 5.93. The van der Waals surface area contributed by atoms with E-state index in [1.807, 2.05) is 0 Å². The Balaban J connectivity index is 1.98. The second-order valence-electron chi connectivity index (χ2n) is 3.17. The molecule has 0 saturated carbocycles. The molecule has 0 unspecified atom stereocenters. The van der Waals surface area contributed by atoms with Gasteiger partial charge in [-0.25, -0.2) is 10.1 Å². The van der Waals surface area contributed by atoms with E-state index in [2.05, 4.69) is 20.5 Å². The molecule has 0 saturated heterocycles. The van der Waals surface area contributed by atoms with Gasteiger partial charge in [0, 0.05) is 11.4 Å². The van der Waals surface area contributed by atoms with Crippen LogP contribution in [-0.4, -0.2) is 21.1 Å². The third-order valence-electron chi connectivity index (χ3n) is 1.91. The molecular weight excluding hydrogens is 242 g/mol. The highest BCUT2D eigenvalue weighted by molar-refractivity contribution is 7.13. The summed E-state index contributed by atoms with van der Waals surface area (Å²) >= 11 is 1.31. The van der Waals surface area contributed by atoms with Gasteiger partial charge >= 0.3 is 0 Å². The zero-order valence-corrected chi connectivity index (χ0v) is 9.45. The highest BCUT2D eigenvalue weighted by Gasteiger charge is 2.07. The number of hydrogen-bond acceptors (Lipinski definition) is 6. The van der Waals surface area contributed by atoms with Crippen LogP contribution >= 0.6 is 11.3 Å². The van der Waals surface area contributed by atoms with Crippen LogP contribution in [0.3, 0.4) is 0 Å². The standard InChI is InChI=1S/C9H9N5O2S/c10-9-12-5(4-17-9)3-11-8(16)6-1-2-7(15)14-13-6/h1-2,4H,3H2,(H2,10,12)(H,11,16)(H,14,15). The van der Waals surface area contributed by atoms with Crippen LogP contribution in [0.25, 0.3) is 0 Å². The van der Waals surface area contributed by atoms with Gasteiger partial charge in [-0.05, 0) is 6.07 Å². The van der Waals surface area contributed by atoms with Crippen LogP contribution in [0.4, 0.5) is 5.13 Å². The van der Waals surface area contributed by atoms with Gasteiger partial charge in [-0.15, -0.1) is 11.3 Å².